The van der Waals surface area contributed by atoms with Crippen molar-refractivity contribution >= 4 is 11.5 Å². The number of benzene rings is 2. The molecule has 1 aliphatic heterocycles. The van der Waals surface area contributed by atoms with Crippen molar-refractivity contribution in [3.8, 4) is 17.6 Å². The zero-order valence-electron chi connectivity index (χ0n) is 19.7. The Balaban J connectivity index is 1.75. The molecule has 1 atom stereocenters. The van der Waals surface area contributed by atoms with Crippen LogP contribution >= 0.6 is 0 Å². The van der Waals surface area contributed by atoms with E-state index in [0.717, 1.165) is 0 Å². The Labute approximate surface area is 202 Å². The molecule has 0 saturated carbocycles. The molecule has 0 radical (unpaired) electrons. The molecular formula is C26H25N3O6. The number of rotatable bonds is 6. The lowest BCUT2D eigenvalue weighted by Gasteiger charge is -2.37. The molecule has 0 aromatic heterocycles. The molecule has 2 aromatic carbocycles. The van der Waals surface area contributed by atoms with Gasteiger partial charge >= 0.3 is 5.69 Å². The minimum atomic E-state index is -0.692. The Morgan fingerprint density at radius 1 is 1.23 bits per heavy atom. The van der Waals surface area contributed by atoms with Crippen LogP contribution in [0, 0.1) is 26.9 Å². The maximum absolute atomic E-state index is 13.2. The van der Waals surface area contributed by atoms with Crippen LogP contribution in [0.2, 0.25) is 0 Å². The van der Waals surface area contributed by atoms with E-state index in [-0.39, 0.29) is 40.7 Å². The van der Waals surface area contributed by atoms with Crippen molar-refractivity contribution in [3.05, 3.63) is 86.5 Å². The molecule has 4 rings (SSSR count). The van der Waals surface area contributed by atoms with Crippen LogP contribution in [0.1, 0.15) is 43.7 Å². The molecule has 0 bridgehead atoms. The van der Waals surface area contributed by atoms with Crippen molar-refractivity contribution in [2.45, 2.75) is 39.2 Å². The van der Waals surface area contributed by atoms with Crippen LogP contribution in [0.25, 0.3) is 0 Å². The highest BCUT2D eigenvalue weighted by molar-refractivity contribution is 6.00. The fraction of sp³-hybridized carbons (Fsp3) is 0.308. The molecule has 0 amide bonds. The predicted octanol–water partition coefficient (Wildman–Crippen LogP) is 4.63. The molecule has 0 fully saturated rings. The molecule has 2 N–H and O–H groups in total. The topological polar surface area (TPSA) is 138 Å². The van der Waals surface area contributed by atoms with E-state index in [1.54, 1.807) is 30.3 Å². The number of carbonyl (C=O) groups excluding carboxylic acids is 1. The summed E-state index contributed by atoms with van der Waals surface area (Å²) < 4.78 is 17.0. The number of nitro groups is 1. The van der Waals surface area contributed by atoms with Gasteiger partial charge in [0, 0.05) is 30.0 Å². The van der Waals surface area contributed by atoms with Crippen molar-refractivity contribution in [2.24, 2.45) is 11.1 Å². The van der Waals surface area contributed by atoms with E-state index in [9.17, 15) is 20.2 Å². The van der Waals surface area contributed by atoms with Crippen LogP contribution in [-0.4, -0.2) is 17.8 Å². The van der Waals surface area contributed by atoms with E-state index < -0.39 is 10.8 Å². The zero-order chi connectivity index (χ0) is 25.3. The van der Waals surface area contributed by atoms with Crippen molar-refractivity contribution in [2.75, 3.05) is 7.11 Å². The standard InChI is InChI=1S/C26H25N3O6/c1-26(2)11-19(30)24-22(12-26)35-25(28)17(13-27)23(24)15-8-9-20(33-3)16(10-15)14-34-21-7-5-4-6-18(21)29(31)32/h4-10,23H,11-12,14,28H2,1-3H3/t23-/m1/s1. The SMILES string of the molecule is COc1ccc([C@@H]2C(C#N)=C(N)OC3=C2C(=O)CC(C)(C)C3)cc1COc1ccccc1[N+](=O)[O-]. The van der Waals surface area contributed by atoms with Gasteiger partial charge in [0.15, 0.2) is 11.5 Å². The number of hydrogen-bond acceptors (Lipinski definition) is 8. The molecular weight excluding hydrogens is 450 g/mol. The highest BCUT2D eigenvalue weighted by Gasteiger charge is 2.43. The summed E-state index contributed by atoms with van der Waals surface area (Å²) in [4.78, 5) is 24.0. The number of hydrogen-bond donors (Lipinski definition) is 1. The van der Waals surface area contributed by atoms with Crippen LogP contribution in [0.3, 0.4) is 0 Å². The van der Waals surface area contributed by atoms with Gasteiger partial charge in [0.25, 0.3) is 0 Å². The van der Waals surface area contributed by atoms with Gasteiger partial charge < -0.3 is 19.9 Å². The smallest absolute Gasteiger partial charge is 0.310 e. The number of carbonyl (C=O) groups is 1. The molecule has 9 heteroatoms. The molecule has 0 saturated heterocycles. The van der Waals surface area contributed by atoms with Crippen molar-refractivity contribution in [3.63, 3.8) is 0 Å². The fourth-order valence-corrected chi connectivity index (χ4v) is 4.59. The largest absolute Gasteiger partial charge is 0.496 e. The van der Waals surface area contributed by atoms with E-state index in [1.807, 2.05) is 13.8 Å². The summed E-state index contributed by atoms with van der Waals surface area (Å²) in [5.41, 5.74) is 7.51. The van der Waals surface area contributed by atoms with E-state index >= 15 is 0 Å². The van der Waals surface area contributed by atoms with Crippen LogP contribution in [-0.2, 0) is 16.1 Å². The Morgan fingerprint density at radius 3 is 2.66 bits per heavy atom. The first-order valence-electron chi connectivity index (χ1n) is 11.0. The summed E-state index contributed by atoms with van der Waals surface area (Å²) >= 11 is 0. The van der Waals surface area contributed by atoms with Crippen LogP contribution in [0.5, 0.6) is 11.5 Å². The average Bonchev–Trinajstić information content (AvgIpc) is 2.81. The zero-order valence-corrected chi connectivity index (χ0v) is 19.7. The van der Waals surface area contributed by atoms with Gasteiger partial charge in [-0.1, -0.05) is 32.0 Å². The van der Waals surface area contributed by atoms with Crippen molar-refractivity contribution in [1.29, 1.82) is 5.26 Å². The summed E-state index contributed by atoms with van der Waals surface area (Å²) in [5, 5.41) is 21.2. The van der Waals surface area contributed by atoms with E-state index in [4.69, 9.17) is 19.9 Å². The number of nitriles is 1. The first-order valence-corrected chi connectivity index (χ1v) is 11.0. The molecule has 35 heavy (non-hydrogen) atoms. The molecule has 9 nitrogen and oxygen atoms in total. The Morgan fingerprint density at radius 2 is 1.97 bits per heavy atom. The average molecular weight is 476 g/mol. The van der Waals surface area contributed by atoms with E-state index in [1.165, 1.54) is 19.2 Å². The predicted molar refractivity (Wildman–Crippen MR) is 126 cm³/mol. The Bertz CT molecular complexity index is 1320. The number of ketones is 1. The van der Waals surface area contributed by atoms with Gasteiger partial charge in [-0.2, -0.15) is 5.26 Å². The fourth-order valence-electron chi connectivity index (χ4n) is 4.59. The number of Topliss-reactive ketones (excluding diaryl/α,β-unsaturated/α-hetero) is 1. The maximum Gasteiger partial charge on any atom is 0.310 e. The second-order valence-corrected chi connectivity index (χ2v) is 9.29. The monoisotopic (exact) mass is 475 g/mol. The first-order chi connectivity index (χ1) is 16.6. The second kappa shape index (κ2) is 9.14. The molecule has 1 heterocycles. The summed E-state index contributed by atoms with van der Waals surface area (Å²) in [5.74, 6) is 0.308. The number of nitrogens with zero attached hydrogens (tertiary/aromatic N) is 2. The lowest BCUT2D eigenvalue weighted by atomic mass is 9.70. The quantitative estimate of drug-likeness (QED) is 0.471. The van der Waals surface area contributed by atoms with Crippen LogP contribution in [0.15, 0.2) is 65.3 Å². The van der Waals surface area contributed by atoms with E-state index in [2.05, 4.69) is 6.07 Å². The molecule has 1 aliphatic carbocycles. The second-order valence-electron chi connectivity index (χ2n) is 9.29. The summed E-state index contributed by atoms with van der Waals surface area (Å²) in [7, 11) is 1.50. The van der Waals surface area contributed by atoms with Gasteiger partial charge in [0.2, 0.25) is 5.88 Å². The van der Waals surface area contributed by atoms with Gasteiger partial charge in [-0.15, -0.1) is 0 Å². The minimum absolute atomic E-state index is 0.0183. The number of nitro benzene ring substituents is 1. The number of nitrogens with two attached hydrogens (primary N) is 1. The minimum Gasteiger partial charge on any atom is -0.496 e. The van der Waals surface area contributed by atoms with Crippen LogP contribution in [0.4, 0.5) is 5.69 Å². The van der Waals surface area contributed by atoms with Crippen LogP contribution < -0.4 is 15.2 Å². The van der Waals surface area contributed by atoms with E-state index in [0.29, 0.717) is 41.1 Å². The number of para-hydroxylation sites is 2. The molecule has 180 valence electrons. The molecule has 0 spiro atoms. The molecule has 0 unspecified atom stereocenters. The van der Waals surface area contributed by atoms with Gasteiger partial charge in [0.05, 0.1) is 18.0 Å². The summed E-state index contributed by atoms with van der Waals surface area (Å²) in [6, 6.07) is 13.5. The summed E-state index contributed by atoms with van der Waals surface area (Å²) in [6.07, 6.45) is 0.849. The normalized spacial score (nSPS) is 18.9. The first kappa shape index (κ1) is 23.8. The number of methoxy groups -OCH3 is 1. The highest BCUT2D eigenvalue weighted by Crippen LogP contribution is 2.48. The number of ether oxygens (including phenoxy) is 3. The third-order valence-corrected chi connectivity index (χ3v) is 6.16. The van der Waals surface area contributed by atoms with Gasteiger partial charge in [-0.05, 0) is 29.2 Å². The lowest BCUT2D eigenvalue weighted by molar-refractivity contribution is -0.385. The summed E-state index contributed by atoms with van der Waals surface area (Å²) in [6.45, 7) is 3.94. The van der Waals surface area contributed by atoms with Crippen molar-refractivity contribution < 1.29 is 23.9 Å². The maximum atomic E-state index is 13.2. The third-order valence-electron chi connectivity index (χ3n) is 6.16. The lowest BCUT2D eigenvalue weighted by Crippen LogP contribution is -2.33. The Kier molecular flexibility index (Phi) is 6.22. The highest BCUT2D eigenvalue weighted by atomic mass is 16.6. The van der Waals surface area contributed by atoms with Gasteiger partial charge in [0.1, 0.15) is 29.8 Å². The van der Waals surface area contributed by atoms with Crippen molar-refractivity contribution in [1.82, 2.24) is 0 Å². The number of allylic oxidation sites excluding steroid dienone is 3. The third kappa shape index (κ3) is 4.55. The molecule has 2 aliphatic rings. The Hall–Kier alpha value is -4.32. The van der Waals surface area contributed by atoms with Gasteiger partial charge in [-0.3, -0.25) is 14.9 Å². The van der Waals surface area contributed by atoms with Gasteiger partial charge in [-0.25, -0.2) is 0 Å². The molecule has 2 aromatic rings.